The number of nitrogens with zero attached hydrogens (tertiary/aromatic N) is 1. The summed E-state index contributed by atoms with van der Waals surface area (Å²) in [5, 5.41) is 1.17. The highest BCUT2D eigenvalue weighted by Gasteiger charge is 2.25. The number of ketones is 1. The number of rotatable bonds is 4. The zero-order valence-corrected chi connectivity index (χ0v) is 17.2. The Bertz CT molecular complexity index is 1500. The average molecular weight is 423 g/mol. The second-order valence-electron chi connectivity index (χ2n) is 7.00. The van der Waals surface area contributed by atoms with Gasteiger partial charge in [0, 0.05) is 23.0 Å². The van der Waals surface area contributed by atoms with E-state index in [4.69, 9.17) is 8.60 Å². The fourth-order valence-electron chi connectivity index (χ4n) is 3.38. The molecule has 0 saturated heterocycles. The van der Waals surface area contributed by atoms with Gasteiger partial charge in [-0.3, -0.25) is 9.78 Å². The molecular formula is C22H17NO6S. The number of aromatic nitrogens is 1. The molecule has 0 atom stereocenters. The molecule has 0 radical (unpaired) electrons. The number of para-hydroxylation sites is 1. The number of fused-ring (bicyclic) bond motifs is 2. The van der Waals surface area contributed by atoms with Crippen LogP contribution < -0.4 is 9.81 Å². The van der Waals surface area contributed by atoms with Gasteiger partial charge in [-0.1, -0.05) is 12.1 Å². The number of hydrogen-bond donors (Lipinski definition) is 0. The number of hydrogen-bond acceptors (Lipinski definition) is 7. The summed E-state index contributed by atoms with van der Waals surface area (Å²) in [6, 6.07) is 10.8. The highest BCUT2D eigenvalue weighted by atomic mass is 32.2. The van der Waals surface area contributed by atoms with Crippen LogP contribution in [0.2, 0.25) is 0 Å². The van der Waals surface area contributed by atoms with E-state index < -0.39 is 21.5 Å². The minimum absolute atomic E-state index is 0.00753. The molecule has 152 valence electrons. The minimum Gasteiger partial charge on any atom is -0.422 e. The first-order valence-corrected chi connectivity index (χ1v) is 10.5. The smallest absolute Gasteiger partial charge is 0.341 e. The SMILES string of the molecule is CC(=O)c1c(OS(=O)(=O)c2cccc3cc(C)cnc23)ccc2c(C)cc(=O)oc12. The molecule has 8 heteroatoms. The molecule has 2 aromatic carbocycles. The maximum Gasteiger partial charge on any atom is 0.341 e. The van der Waals surface area contributed by atoms with Crippen molar-refractivity contribution in [3.8, 4) is 5.75 Å². The van der Waals surface area contributed by atoms with Crippen LogP contribution in [-0.2, 0) is 10.1 Å². The second kappa shape index (κ2) is 7.07. The Kier molecular flexibility index (Phi) is 4.66. The van der Waals surface area contributed by atoms with Gasteiger partial charge in [0.15, 0.2) is 17.1 Å². The number of Topliss-reactive ketones (excluding diaryl/α,β-unsaturated/α-hetero) is 1. The Morgan fingerprint density at radius 3 is 2.60 bits per heavy atom. The van der Waals surface area contributed by atoms with Gasteiger partial charge in [-0.25, -0.2) is 4.79 Å². The van der Waals surface area contributed by atoms with E-state index in [0.717, 1.165) is 5.56 Å². The van der Waals surface area contributed by atoms with Crippen molar-refractivity contribution in [1.29, 1.82) is 0 Å². The lowest BCUT2D eigenvalue weighted by atomic mass is 10.0. The van der Waals surface area contributed by atoms with Crippen LogP contribution in [0.3, 0.4) is 0 Å². The van der Waals surface area contributed by atoms with Gasteiger partial charge in [-0.05, 0) is 56.2 Å². The maximum atomic E-state index is 13.1. The van der Waals surface area contributed by atoms with Crippen LogP contribution in [0.1, 0.15) is 28.4 Å². The lowest BCUT2D eigenvalue weighted by molar-refractivity contribution is 0.101. The van der Waals surface area contributed by atoms with E-state index in [1.807, 2.05) is 13.0 Å². The van der Waals surface area contributed by atoms with Crippen molar-refractivity contribution in [3.63, 3.8) is 0 Å². The summed E-state index contributed by atoms with van der Waals surface area (Å²) in [5.41, 5.74) is 0.989. The van der Waals surface area contributed by atoms with Gasteiger partial charge in [0.1, 0.15) is 10.5 Å². The van der Waals surface area contributed by atoms with Crippen molar-refractivity contribution in [2.24, 2.45) is 0 Å². The molecule has 0 fully saturated rings. The monoisotopic (exact) mass is 423 g/mol. The van der Waals surface area contributed by atoms with Gasteiger partial charge in [0.2, 0.25) is 0 Å². The summed E-state index contributed by atoms with van der Waals surface area (Å²) in [5.74, 6) is -0.709. The highest BCUT2D eigenvalue weighted by Crippen LogP contribution is 2.32. The third kappa shape index (κ3) is 3.35. The average Bonchev–Trinajstić information content (AvgIpc) is 2.66. The van der Waals surface area contributed by atoms with Crippen molar-refractivity contribution in [3.05, 3.63) is 75.8 Å². The van der Waals surface area contributed by atoms with E-state index in [2.05, 4.69) is 4.98 Å². The number of carbonyl (C=O) groups is 1. The molecule has 4 aromatic rings. The molecule has 0 saturated carbocycles. The summed E-state index contributed by atoms with van der Waals surface area (Å²) in [4.78, 5) is 28.3. The predicted molar refractivity (Wildman–Crippen MR) is 112 cm³/mol. The molecule has 0 aliphatic heterocycles. The molecule has 2 aromatic heterocycles. The van der Waals surface area contributed by atoms with E-state index in [1.165, 1.54) is 25.1 Å². The van der Waals surface area contributed by atoms with Crippen LogP contribution >= 0.6 is 0 Å². The summed E-state index contributed by atoms with van der Waals surface area (Å²) in [7, 11) is -4.33. The zero-order chi connectivity index (χ0) is 21.6. The first kappa shape index (κ1) is 19.8. The van der Waals surface area contributed by atoms with Crippen LogP contribution in [0.4, 0.5) is 0 Å². The van der Waals surface area contributed by atoms with Crippen molar-refractivity contribution in [2.45, 2.75) is 25.7 Å². The third-order valence-electron chi connectivity index (χ3n) is 4.71. The number of carbonyl (C=O) groups excluding carboxylic acids is 1. The largest absolute Gasteiger partial charge is 0.422 e. The lowest BCUT2D eigenvalue weighted by Gasteiger charge is -2.13. The zero-order valence-electron chi connectivity index (χ0n) is 16.4. The molecule has 4 rings (SSSR count). The first-order valence-electron chi connectivity index (χ1n) is 9.05. The lowest BCUT2D eigenvalue weighted by Crippen LogP contribution is -2.13. The van der Waals surface area contributed by atoms with Crippen LogP contribution in [0.15, 0.2) is 62.8 Å². The summed E-state index contributed by atoms with van der Waals surface area (Å²) < 4.78 is 36.7. The third-order valence-corrected chi connectivity index (χ3v) is 5.98. The van der Waals surface area contributed by atoms with E-state index in [1.54, 1.807) is 31.3 Å². The molecule has 0 aliphatic rings. The van der Waals surface area contributed by atoms with E-state index in [-0.39, 0.29) is 27.3 Å². The molecule has 0 spiro atoms. The van der Waals surface area contributed by atoms with Gasteiger partial charge in [0.25, 0.3) is 0 Å². The minimum atomic E-state index is -4.33. The predicted octanol–water partition coefficient (Wildman–Crippen LogP) is 3.93. The van der Waals surface area contributed by atoms with Crippen LogP contribution in [0, 0.1) is 13.8 Å². The van der Waals surface area contributed by atoms with Crippen molar-refractivity contribution in [1.82, 2.24) is 4.98 Å². The fraction of sp³-hybridized carbons (Fsp3) is 0.136. The van der Waals surface area contributed by atoms with Gasteiger partial charge in [-0.2, -0.15) is 8.42 Å². The van der Waals surface area contributed by atoms with Crippen LogP contribution in [0.5, 0.6) is 5.75 Å². The molecule has 0 unspecified atom stereocenters. The molecule has 0 aliphatic carbocycles. The van der Waals surface area contributed by atoms with Crippen molar-refractivity contribution < 1.29 is 21.8 Å². The molecular weight excluding hydrogens is 406 g/mol. The van der Waals surface area contributed by atoms with Gasteiger partial charge in [-0.15, -0.1) is 0 Å². The number of aryl methyl sites for hydroxylation is 2. The van der Waals surface area contributed by atoms with E-state index >= 15 is 0 Å². The quantitative estimate of drug-likeness (QED) is 0.278. The Hall–Kier alpha value is -3.52. The summed E-state index contributed by atoms with van der Waals surface area (Å²) >= 11 is 0. The molecule has 7 nitrogen and oxygen atoms in total. The Balaban J connectivity index is 1.92. The van der Waals surface area contributed by atoms with E-state index in [9.17, 15) is 18.0 Å². The Morgan fingerprint density at radius 2 is 1.87 bits per heavy atom. The van der Waals surface area contributed by atoms with Crippen LogP contribution in [-0.4, -0.2) is 19.2 Å². The molecule has 30 heavy (non-hydrogen) atoms. The van der Waals surface area contributed by atoms with Gasteiger partial charge < -0.3 is 8.60 Å². The van der Waals surface area contributed by atoms with Gasteiger partial charge >= 0.3 is 15.7 Å². The highest BCUT2D eigenvalue weighted by molar-refractivity contribution is 7.87. The summed E-state index contributed by atoms with van der Waals surface area (Å²) in [6.45, 7) is 4.80. The topological polar surface area (TPSA) is 104 Å². The molecule has 2 heterocycles. The molecule has 0 amide bonds. The van der Waals surface area contributed by atoms with Gasteiger partial charge in [0.05, 0.1) is 5.52 Å². The van der Waals surface area contributed by atoms with Crippen LogP contribution in [0.25, 0.3) is 21.9 Å². The summed E-state index contributed by atoms with van der Waals surface area (Å²) in [6.07, 6.45) is 1.57. The molecule has 0 bridgehead atoms. The normalized spacial score (nSPS) is 11.7. The molecule has 0 N–H and O–H groups in total. The first-order chi connectivity index (χ1) is 14.2. The number of pyridine rings is 1. The van der Waals surface area contributed by atoms with Crippen molar-refractivity contribution in [2.75, 3.05) is 0 Å². The van der Waals surface area contributed by atoms with Crippen molar-refractivity contribution >= 4 is 37.8 Å². The standard InChI is InChI=1S/C22H17NO6S/c1-12-9-15-5-4-6-18(21(15)23-11-12)30(26,27)29-17-8-7-16-13(2)10-19(25)28-22(16)20(17)14(3)24/h4-11H,1-3H3. The second-order valence-corrected chi connectivity index (χ2v) is 8.51. The Labute approximate surface area is 172 Å². The number of benzene rings is 2. The maximum absolute atomic E-state index is 13.1. The van der Waals surface area contributed by atoms with E-state index in [0.29, 0.717) is 16.3 Å². The fourth-order valence-corrected chi connectivity index (χ4v) is 4.49. The Morgan fingerprint density at radius 1 is 1.10 bits per heavy atom.